The van der Waals surface area contributed by atoms with E-state index in [1.54, 1.807) is 13.8 Å². The Labute approximate surface area is 198 Å². The first-order valence-electron chi connectivity index (χ1n) is 10.1. The summed E-state index contributed by atoms with van der Waals surface area (Å²) >= 11 is 11.8. The van der Waals surface area contributed by atoms with Gasteiger partial charge < -0.3 is 4.90 Å². The van der Waals surface area contributed by atoms with E-state index in [2.05, 4.69) is 5.48 Å². The van der Waals surface area contributed by atoms with Crippen LogP contribution in [0.3, 0.4) is 0 Å². The summed E-state index contributed by atoms with van der Waals surface area (Å²) in [7, 11) is 0. The zero-order valence-corrected chi connectivity index (χ0v) is 19.2. The van der Waals surface area contributed by atoms with E-state index in [1.807, 2.05) is 0 Å². The van der Waals surface area contributed by atoms with Gasteiger partial charge in [0.15, 0.2) is 5.67 Å². The molecule has 10 heteroatoms. The van der Waals surface area contributed by atoms with Crippen molar-refractivity contribution >= 4 is 34.8 Å². The maximum Gasteiger partial charge on any atom is 0.428 e. The van der Waals surface area contributed by atoms with Crippen molar-refractivity contribution in [3.05, 3.63) is 75.3 Å². The molecule has 2 aliphatic rings. The molecule has 0 radical (unpaired) electrons. The van der Waals surface area contributed by atoms with E-state index in [1.165, 1.54) is 35.2 Å². The Kier molecular flexibility index (Phi) is 5.91. The molecule has 1 atom stereocenters. The summed E-state index contributed by atoms with van der Waals surface area (Å²) in [5.74, 6) is -0.345. The van der Waals surface area contributed by atoms with Crippen LogP contribution < -0.4 is 5.48 Å². The summed E-state index contributed by atoms with van der Waals surface area (Å²) in [4.78, 5) is 18.5. The molecule has 1 fully saturated rings. The molecule has 2 aliphatic heterocycles. The van der Waals surface area contributed by atoms with Crippen LogP contribution in [0.2, 0.25) is 10.0 Å². The molecule has 4 nitrogen and oxygen atoms in total. The van der Waals surface area contributed by atoms with Crippen LogP contribution in [0.5, 0.6) is 0 Å². The maximum atomic E-state index is 15.2. The fourth-order valence-electron chi connectivity index (χ4n) is 3.96. The van der Waals surface area contributed by atoms with Gasteiger partial charge in [-0.2, -0.15) is 13.2 Å². The van der Waals surface area contributed by atoms with Gasteiger partial charge >= 0.3 is 6.18 Å². The highest BCUT2D eigenvalue weighted by Gasteiger charge is 2.59. The van der Waals surface area contributed by atoms with Crippen molar-refractivity contribution in [1.82, 2.24) is 10.4 Å². The molecule has 0 aromatic heterocycles. The van der Waals surface area contributed by atoms with Gasteiger partial charge in [-0.05, 0) is 35.4 Å². The molecule has 176 valence electrons. The topological polar surface area (TPSA) is 41.6 Å². The molecule has 0 spiro atoms. The van der Waals surface area contributed by atoms with E-state index in [9.17, 15) is 18.0 Å². The minimum atomic E-state index is -4.82. The standard InChI is InChI=1S/C23H20Cl2F4N2O2/c1-13(2)20(32)31-11-21(26,12-31)15-5-3-14(4-6-15)19-10-22(33-30-19,23(27,28)29)16-7-17(24)9-18(25)8-16/h3-10,13,30H,11-12H2,1-2H3. The van der Waals surface area contributed by atoms with Gasteiger partial charge in [-0.3, -0.25) is 15.1 Å². The van der Waals surface area contributed by atoms with Crippen LogP contribution in [0.15, 0.2) is 48.5 Å². The third-order valence-electron chi connectivity index (χ3n) is 5.78. The molecule has 1 saturated heterocycles. The Hall–Kier alpha value is -2.29. The van der Waals surface area contributed by atoms with Crippen molar-refractivity contribution in [1.29, 1.82) is 0 Å². The lowest BCUT2D eigenvalue weighted by atomic mass is 9.86. The minimum absolute atomic E-state index is 0.0367. The van der Waals surface area contributed by atoms with Crippen LogP contribution in [-0.2, 0) is 20.9 Å². The number of benzene rings is 2. The second-order valence-electron chi connectivity index (χ2n) is 8.55. The SMILES string of the molecule is CC(C)C(=O)N1CC(F)(c2ccc(C3=CC(c4cc(Cl)cc(Cl)c4)(C(F)(F)F)ON3)cc2)C1. The van der Waals surface area contributed by atoms with Crippen molar-refractivity contribution in [3.8, 4) is 0 Å². The van der Waals surface area contributed by atoms with Crippen molar-refractivity contribution < 1.29 is 27.2 Å². The monoisotopic (exact) mass is 502 g/mol. The third-order valence-corrected chi connectivity index (χ3v) is 6.22. The van der Waals surface area contributed by atoms with E-state index in [4.69, 9.17) is 28.0 Å². The summed E-state index contributed by atoms with van der Waals surface area (Å²) in [5, 5.41) is 0.0734. The molecule has 1 amide bonds. The van der Waals surface area contributed by atoms with Gasteiger partial charge in [-0.15, -0.1) is 0 Å². The second-order valence-corrected chi connectivity index (χ2v) is 9.42. The summed E-state index contributed by atoms with van der Waals surface area (Å²) in [6, 6.07) is 9.60. The van der Waals surface area contributed by atoms with E-state index >= 15 is 4.39 Å². The van der Waals surface area contributed by atoms with Crippen molar-refractivity contribution in [3.63, 3.8) is 0 Å². The first-order chi connectivity index (χ1) is 15.3. The highest BCUT2D eigenvalue weighted by molar-refractivity contribution is 6.34. The lowest BCUT2D eigenvalue weighted by molar-refractivity contribution is -0.269. The lowest BCUT2D eigenvalue weighted by Gasteiger charge is -2.45. The lowest BCUT2D eigenvalue weighted by Crippen LogP contribution is -2.59. The second kappa shape index (κ2) is 8.18. The molecule has 1 N–H and O–H groups in total. The van der Waals surface area contributed by atoms with Crippen LogP contribution >= 0.6 is 23.2 Å². The van der Waals surface area contributed by atoms with Gasteiger partial charge in [0, 0.05) is 21.5 Å². The average Bonchev–Trinajstić information content (AvgIpc) is 3.17. The zero-order valence-electron chi connectivity index (χ0n) is 17.6. The normalized spacial score (nSPS) is 22.1. The van der Waals surface area contributed by atoms with E-state index in [0.29, 0.717) is 11.1 Å². The number of amides is 1. The fraction of sp³-hybridized carbons (Fsp3) is 0.348. The van der Waals surface area contributed by atoms with Crippen LogP contribution in [0.4, 0.5) is 17.6 Å². The largest absolute Gasteiger partial charge is 0.428 e. The first kappa shape index (κ1) is 23.9. The van der Waals surface area contributed by atoms with Gasteiger partial charge in [-0.25, -0.2) is 4.39 Å². The molecule has 0 bridgehead atoms. The smallest absolute Gasteiger partial charge is 0.335 e. The Morgan fingerprint density at radius 3 is 2.15 bits per heavy atom. The molecule has 4 rings (SSSR count). The zero-order chi connectivity index (χ0) is 24.2. The Bertz CT molecular complexity index is 1090. The number of rotatable bonds is 4. The number of hydrogen-bond acceptors (Lipinski definition) is 3. The third kappa shape index (κ3) is 4.20. The number of nitrogens with one attached hydrogen (secondary N) is 1. The number of halogens is 6. The van der Waals surface area contributed by atoms with E-state index in [-0.39, 0.29) is 46.2 Å². The predicted molar refractivity (Wildman–Crippen MR) is 117 cm³/mol. The van der Waals surface area contributed by atoms with Crippen LogP contribution in [0, 0.1) is 5.92 Å². The Morgan fingerprint density at radius 1 is 1.06 bits per heavy atom. The minimum Gasteiger partial charge on any atom is -0.335 e. The molecule has 0 saturated carbocycles. The molecule has 2 heterocycles. The maximum absolute atomic E-state index is 15.2. The highest BCUT2D eigenvalue weighted by atomic mass is 35.5. The summed E-state index contributed by atoms with van der Waals surface area (Å²) in [5.41, 5.74) is -1.65. The summed E-state index contributed by atoms with van der Waals surface area (Å²) in [6.45, 7) is 3.39. The molecular formula is C23H20Cl2F4N2O2. The van der Waals surface area contributed by atoms with E-state index in [0.717, 1.165) is 18.2 Å². The molecule has 2 aromatic rings. The summed E-state index contributed by atoms with van der Waals surface area (Å²) < 4.78 is 57.5. The number of alkyl halides is 4. The van der Waals surface area contributed by atoms with Gasteiger partial charge in [0.1, 0.15) is 0 Å². The number of carbonyl (C=O) groups is 1. The Morgan fingerprint density at radius 2 is 1.64 bits per heavy atom. The average molecular weight is 503 g/mol. The predicted octanol–water partition coefficient (Wildman–Crippen LogP) is 5.99. The van der Waals surface area contributed by atoms with Gasteiger partial charge in [0.25, 0.3) is 0 Å². The molecule has 2 aromatic carbocycles. The van der Waals surface area contributed by atoms with Crippen molar-refractivity contribution in [2.45, 2.75) is 31.3 Å². The number of hydroxylamine groups is 1. The van der Waals surface area contributed by atoms with Gasteiger partial charge in [0.2, 0.25) is 11.5 Å². The first-order valence-corrected chi connectivity index (χ1v) is 10.9. The van der Waals surface area contributed by atoms with Crippen molar-refractivity contribution in [2.75, 3.05) is 13.1 Å². The molecule has 0 aliphatic carbocycles. The number of nitrogens with zero attached hydrogens (tertiary/aromatic N) is 1. The summed E-state index contributed by atoms with van der Waals surface area (Å²) in [6.07, 6.45) is -3.92. The van der Waals surface area contributed by atoms with Gasteiger partial charge in [-0.1, -0.05) is 61.3 Å². The fourth-order valence-corrected chi connectivity index (χ4v) is 4.49. The molecule has 1 unspecified atom stereocenters. The van der Waals surface area contributed by atoms with Crippen LogP contribution in [0.25, 0.3) is 5.70 Å². The van der Waals surface area contributed by atoms with Gasteiger partial charge in [0.05, 0.1) is 18.8 Å². The number of hydrogen-bond donors (Lipinski definition) is 1. The highest BCUT2D eigenvalue weighted by Crippen LogP contribution is 2.48. The van der Waals surface area contributed by atoms with Crippen LogP contribution in [0.1, 0.15) is 30.5 Å². The van der Waals surface area contributed by atoms with Crippen molar-refractivity contribution in [2.24, 2.45) is 5.92 Å². The Balaban J connectivity index is 1.60. The quantitative estimate of drug-likeness (QED) is 0.522. The number of carbonyl (C=O) groups excluding carboxylic acids is 1. The molecule has 33 heavy (non-hydrogen) atoms. The van der Waals surface area contributed by atoms with E-state index < -0.39 is 17.4 Å². The van der Waals surface area contributed by atoms with Crippen LogP contribution in [-0.4, -0.2) is 30.1 Å². The number of likely N-dealkylation sites (tertiary alicyclic amines) is 1. The molecular weight excluding hydrogens is 483 g/mol.